The van der Waals surface area contributed by atoms with E-state index >= 15 is 0 Å². The van der Waals surface area contributed by atoms with Gasteiger partial charge in [0.2, 0.25) is 10.0 Å². The summed E-state index contributed by atoms with van der Waals surface area (Å²) in [7, 11) is -1.59. The molecule has 1 aromatic rings. The fourth-order valence-corrected chi connectivity index (χ4v) is 3.36. The molecule has 4 nitrogen and oxygen atoms in total. The van der Waals surface area contributed by atoms with Crippen molar-refractivity contribution in [3.05, 3.63) is 35.4 Å². The van der Waals surface area contributed by atoms with Crippen LogP contribution in [0, 0.1) is 5.41 Å². The normalized spacial score (nSPS) is 12.9. The summed E-state index contributed by atoms with van der Waals surface area (Å²) in [5, 5.41) is 0. The lowest BCUT2D eigenvalue weighted by atomic mass is 9.94. The van der Waals surface area contributed by atoms with Gasteiger partial charge in [-0.1, -0.05) is 45.0 Å². The lowest BCUT2D eigenvalue weighted by Crippen LogP contribution is -2.30. The van der Waals surface area contributed by atoms with Crippen LogP contribution in [0.2, 0.25) is 0 Å². The largest absolute Gasteiger partial charge is 0.326 e. The van der Waals surface area contributed by atoms with Crippen molar-refractivity contribution in [3.63, 3.8) is 0 Å². The second-order valence-electron chi connectivity index (χ2n) is 6.36. The quantitative estimate of drug-likeness (QED) is 0.877. The molecule has 0 spiro atoms. The maximum absolute atomic E-state index is 12.3. The van der Waals surface area contributed by atoms with Gasteiger partial charge in [-0.25, -0.2) is 12.7 Å². The van der Waals surface area contributed by atoms with Crippen LogP contribution in [0.25, 0.3) is 0 Å². The third-order valence-corrected chi connectivity index (χ3v) is 5.12. The first-order chi connectivity index (χ1) is 9.15. The summed E-state index contributed by atoms with van der Waals surface area (Å²) in [5.41, 5.74) is 7.66. The molecule has 0 radical (unpaired) electrons. The van der Waals surface area contributed by atoms with Crippen molar-refractivity contribution in [1.82, 2.24) is 4.31 Å². The van der Waals surface area contributed by atoms with Crippen molar-refractivity contribution in [3.8, 4) is 0 Å². The summed E-state index contributed by atoms with van der Waals surface area (Å²) in [6.45, 7) is 6.94. The molecule has 0 bridgehead atoms. The van der Waals surface area contributed by atoms with Crippen molar-refractivity contribution in [2.24, 2.45) is 11.1 Å². The molecular formula is C15H26N2O2S. The first-order valence-electron chi connectivity index (χ1n) is 6.86. The molecule has 1 aromatic carbocycles. The van der Waals surface area contributed by atoms with Crippen molar-refractivity contribution in [2.75, 3.05) is 12.8 Å². The highest BCUT2D eigenvalue weighted by molar-refractivity contribution is 7.89. The number of benzene rings is 1. The van der Waals surface area contributed by atoms with Gasteiger partial charge in [0.15, 0.2) is 0 Å². The molecule has 20 heavy (non-hydrogen) atoms. The van der Waals surface area contributed by atoms with Gasteiger partial charge in [-0.05, 0) is 23.0 Å². The standard InChI is InChI=1S/C15H26N2O2S/c1-15(2,3)9-10-20(18,19)17(4)12-14-8-6-5-7-13(14)11-16/h5-8H,9-12,16H2,1-4H3. The Hall–Kier alpha value is -0.910. The molecular weight excluding hydrogens is 272 g/mol. The molecule has 0 heterocycles. The van der Waals surface area contributed by atoms with Crippen molar-refractivity contribution >= 4 is 10.0 Å². The predicted molar refractivity (Wildman–Crippen MR) is 83.7 cm³/mol. The van der Waals surface area contributed by atoms with Crippen LogP contribution in [0.1, 0.15) is 38.3 Å². The van der Waals surface area contributed by atoms with E-state index in [1.165, 1.54) is 4.31 Å². The third-order valence-electron chi connectivity index (χ3n) is 3.32. The second-order valence-corrected chi connectivity index (χ2v) is 8.55. The maximum atomic E-state index is 12.3. The van der Waals surface area contributed by atoms with E-state index in [-0.39, 0.29) is 11.2 Å². The summed E-state index contributed by atoms with van der Waals surface area (Å²) >= 11 is 0. The number of rotatable bonds is 6. The molecule has 0 amide bonds. The number of nitrogens with zero attached hydrogens (tertiary/aromatic N) is 1. The van der Waals surface area contributed by atoms with E-state index < -0.39 is 10.0 Å². The molecule has 114 valence electrons. The molecule has 0 aromatic heterocycles. The zero-order chi connectivity index (χ0) is 15.4. The van der Waals surface area contributed by atoms with Gasteiger partial charge in [-0.3, -0.25) is 0 Å². The number of nitrogens with two attached hydrogens (primary N) is 1. The van der Waals surface area contributed by atoms with Crippen LogP contribution in [0.5, 0.6) is 0 Å². The minimum Gasteiger partial charge on any atom is -0.326 e. The Morgan fingerprint density at radius 3 is 2.20 bits per heavy atom. The van der Waals surface area contributed by atoms with Gasteiger partial charge in [0.1, 0.15) is 0 Å². The van der Waals surface area contributed by atoms with E-state index in [1.54, 1.807) is 7.05 Å². The summed E-state index contributed by atoms with van der Waals surface area (Å²) in [4.78, 5) is 0. The van der Waals surface area contributed by atoms with E-state index in [0.29, 0.717) is 19.5 Å². The Balaban J connectivity index is 2.77. The van der Waals surface area contributed by atoms with Crippen LogP contribution in [0.4, 0.5) is 0 Å². The Bertz CT molecular complexity index is 533. The Labute approximate surface area is 123 Å². The smallest absolute Gasteiger partial charge is 0.214 e. The van der Waals surface area contributed by atoms with E-state index in [0.717, 1.165) is 11.1 Å². The van der Waals surface area contributed by atoms with Gasteiger partial charge in [-0.2, -0.15) is 0 Å². The van der Waals surface area contributed by atoms with Crippen LogP contribution in [0.15, 0.2) is 24.3 Å². The lowest BCUT2D eigenvalue weighted by molar-refractivity contribution is 0.388. The topological polar surface area (TPSA) is 63.4 Å². The molecule has 0 aliphatic carbocycles. The summed E-state index contributed by atoms with van der Waals surface area (Å²) in [5.74, 6) is 0.178. The predicted octanol–water partition coefficient (Wildman–Crippen LogP) is 2.34. The van der Waals surface area contributed by atoms with E-state index in [9.17, 15) is 8.42 Å². The monoisotopic (exact) mass is 298 g/mol. The van der Waals surface area contributed by atoms with Crippen LogP contribution in [-0.4, -0.2) is 25.5 Å². The van der Waals surface area contributed by atoms with Crippen LogP contribution >= 0.6 is 0 Å². The van der Waals surface area contributed by atoms with Gasteiger partial charge in [-0.15, -0.1) is 0 Å². The highest BCUT2D eigenvalue weighted by Crippen LogP contribution is 2.21. The minimum absolute atomic E-state index is 0.0169. The molecule has 0 saturated carbocycles. The molecule has 2 N–H and O–H groups in total. The number of hydrogen-bond donors (Lipinski definition) is 1. The maximum Gasteiger partial charge on any atom is 0.214 e. The fraction of sp³-hybridized carbons (Fsp3) is 0.600. The van der Waals surface area contributed by atoms with Gasteiger partial charge in [0.25, 0.3) is 0 Å². The molecule has 0 aliphatic rings. The molecule has 0 unspecified atom stereocenters. The van der Waals surface area contributed by atoms with Crippen LogP contribution < -0.4 is 5.73 Å². The molecule has 0 aliphatic heterocycles. The van der Waals surface area contributed by atoms with E-state index in [2.05, 4.69) is 0 Å². The minimum atomic E-state index is -3.22. The summed E-state index contributed by atoms with van der Waals surface area (Å²) < 4.78 is 26.0. The van der Waals surface area contributed by atoms with Gasteiger partial charge in [0.05, 0.1) is 5.75 Å². The number of sulfonamides is 1. The lowest BCUT2D eigenvalue weighted by Gasteiger charge is -2.22. The van der Waals surface area contributed by atoms with E-state index in [1.807, 2.05) is 45.0 Å². The first kappa shape index (κ1) is 17.1. The highest BCUT2D eigenvalue weighted by Gasteiger charge is 2.22. The van der Waals surface area contributed by atoms with Crippen molar-refractivity contribution < 1.29 is 8.42 Å². The van der Waals surface area contributed by atoms with Gasteiger partial charge < -0.3 is 5.73 Å². The SMILES string of the molecule is CN(Cc1ccccc1CN)S(=O)(=O)CCC(C)(C)C. The molecule has 0 atom stereocenters. The number of hydrogen-bond acceptors (Lipinski definition) is 3. The van der Waals surface area contributed by atoms with Gasteiger partial charge >= 0.3 is 0 Å². The molecule has 5 heteroatoms. The van der Waals surface area contributed by atoms with Crippen LogP contribution in [0.3, 0.4) is 0 Å². The molecule has 0 saturated heterocycles. The first-order valence-corrected chi connectivity index (χ1v) is 8.47. The summed E-state index contributed by atoms with van der Waals surface area (Å²) in [6, 6.07) is 7.69. The van der Waals surface area contributed by atoms with Crippen LogP contribution in [-0.2, 0) is 23.1 Å². The van der Waals surface area contributed by atoms with Gasteiger partial charge in [0, 0.05) is 20.1 Å². The average molecular weight is 298 g/mol. The third kappa shape index (κ3) is 5.23. The molecule has 0 fully saturated rings. The van der Waals surface area contributed by atoms with Crippen molar-refractivity contribution in [2.45, 2.75) is 40.3 Å². The Kier molecular flexibility index (Phi) is 5.74. The highest BCUT2D eigenvalue weighted by atomic mass is 32.2. The second kappa shape index (κ2) is 6.70. The van der Waals surface area contributed by atoms with Crippen molar-refractivity contribution in [1.29, 1.82) is 0 Å². The van der Waals surface area contributed by atoms with E-state index in [4.69, 9.17) is 5.73 Å². The summed E-state index contributed by atoms with van der Waals surface area (Å²) in [6.07, 6.45) is 0.651. The average Bonchev–Trinajstić information content (AvgIpc) is 2.36. The Morgan fingerprint density at radius 1 is 1.15 bits per heavy atom. The zero-order valence-corrected chi connectivity index (χ0v) is 13.7. The zero-order valence-electron chi connectivity index (χ0n) is 12.9. The Morgan fingerprint density at radius 2 is 1.70 bits per heavy atom. The molecule has 1 rings (SSSR count). The fourth-order valence-electron chi connectivity index (χ4n) is 1.84.